The highest BCUT2D eigenvalue weighted by Crippen LogP contribution is 2.46. The molecule has 3 aromatic rings. The zero-order chi connectivity index (χ0) is 27.8. The number of aryl methyl sites for hydroxylation is 1. The molecular formula is C28H21F7O3. The molecule has 1 aliphatic carbocycles. The van der Waals surface area contributed by atoms with Gasteiger partial charge in [0, 0.05) is 5.56 Å². The first-order chi connectivity index (χ1) is 17.7. The molecule has 4 rings (SSSR count). The van der Waals surface area contributed by atoms with E-state index in [-0.39, 0.29) is 36.3 Å². The van der Waals surface area contributed by atoms with Crippen molar-refractivity contribution < 1.29 is 45.4 Å². The quantitative estimate of drug-likeness (QED) is 0.320. The SMILES string of the molecule is Cc1ccc(COc2ccc(C(F)(F)F)cc2C2=C(c3cc(C(=O)O)cc(C(F)(F)F)c3)CCC2)cc1F. The first-order valence-corrected chi connectivity index (χ1v) is 11.5. The molecule has 0 heterocycles. The van der Waals surface area contributed by atoms with Gasteiger partial charge in [-0.2, -0.15) is 26.3 Å². The number of aromatic carboxylic acids is 1. The maximum atomic E-state index is 13.9. The molecule has 3 nitrogen and oxygen atoms in total. The zero-order valence-corrected chi connectivity index (χ0v) is 19.9. The summed E-state index contributed by atoms with van der Waals surface area (Å²) in [6.45, 7) is 1.41. The third-order valence-corrected chi connectivity index (χ3v) is 6.34. The predicted molar refractivity (Wildman–Crippen MR) is 126 cm³/mol. The zero-order valence-electron chi connectivity index (χ0n) is 19.9. The van der Waals surface area contributed by atoms with Crippen molar-refractivity contribution in [1.82, 2.24) is 0 Å². The topological polar surface area (TPSA) is 46.5 Å². The van der Waals surface area contributed by atoms with Crippen LogP contribution < -0.4 is 4.74 Å². The lowest BCUT2D eigenvalue weighted by Gasteiger charge is -2.18. The minimum Gasteiger partial charge on any atom is -0.488 e. The number of halogens is 7. The van der Waals surface area contributed by atoms with Gasteiger partial charge in [0.15, 0.2) is 0 Å². The highest BCUT2D eigenvalue weighted by atomic mass is 19.4. The van der Waals surface area contributed by atoms with E-state index < -0.39 is 40.8 Å². The number of benzene rings is 3. The summed E-state index contributed by atoms with van der Waals surface area (Å²) in [6, 6.07) is 9.62. The fourth-order valence-electron chi connectivity index (χ4n) is 4.40. The van der Waals surface area contributed by atoms with Crippen LogP contribution in [0.1, 0.15) is 63.0 Å². The summed E-state index contributed by atoms with van der Waals surface area (Å²) in [5.74, 6) is -2.00. The van der Waals surface area contributed by atoms with Crippen molar-refractivity contribution in [2.75, 3.05) is 0 Å². The van der Waals surface area contributed by atoms with Gasteiger partial charge in [0.05, 0.1) is 16.7 Å². The number of carboxylic acid groups (broad SMARTS) is 1. The Morgan fingerprint density at radius 2 is 1.55 bits per heavy atom. The van der Waals surface area contributed by atoms with Crippen LogP contribution in [0.5, 0.6) is 5.75 Å². The second kappa shape index (κ2) is 10.2. The maximum Gasteiger partial charge on any atom is 0.416 e. The monoisotopic (exact) mass is 538 g/mol. The fourth-order valence-corrected chi connectivity index (χ4v) is 4.40. The van der Waals surface area contributed by atoms with Crippen LogP contribution in [0.4, 0.5) is 30.7 Å². The smallest absolute Gasteiger partial charge is 0.416 e. The van der Waals surface area contributed by atoms with Crippen LogP contribution in [0.25, 0.3) is 11.1 Å². The summed E-state index contributed by atoms with van der Waals surface area (Å²) in [6.07, 6.45) is -8.62. The number of carbonyl (C=O) groups is 1. The van der Waals surface area contributed by atoms with Crippen molar-refractivity contribution in [3.05, 3.63) is 99.4 Å². The number of alkyl halides is 6. The second-order valence-electron chi connectivity index (χ2n) is 8.99. The molecule has 0 saturated carbocycles. The lowest BCUT2D eigenvalue weighted by molar-refractivity contribution is -0.138. The van der Waals surface area contributed by atoms with Crippen LogP contribution >= 0.6 is 0 Å². The van der Waals surface area contributed by atoms with Gasteiger partial charge in [0.25, 0.3) is 0 Å². The van der Waals surface area contributed by atoms with Crippen LogP contribution in [0.3, 0.4) is 0 Å². The Kier molecular flexibility index (Phi) is 7.27. The van der Waals surface area contributed by atoms with Gasteiger partial charge in [0.2, 0.25) is 0 Å². The summed E-state index contributed by atoms with van der Waals surface area (Å²) in [5, 5.41) is 9.35. The molecule has 0 radical (unpaired) electrons. The predicted octanol–water partition coefficient (Wildman–Crippen LogP) is 8.54. The number of rotatable bonds is 6. The summed E-state index contributed by atoms with van der Waals surface area (Å²) in [5.41, 5.74) is -1.25. The summed E-state index contributed by atoms with van der Waals surface area (Å²) >= 11 is 0. The Morgan fingerprint density at radius 3 is 2.18 bits per heavy atom. The molecule has 200 valence electrons. The minimum absolute atomic E-state index is 0.0336. The van der Waals surface area contributed by atoms with Crippen molar-refractivity contribution >= 4 is 17.1 Å². The van der Waals surface area contributed by atoms with Crippen molar-refractivity contribution in [3.63, 3.8) is 0 Å². The second-order valence-corrected chi connectivity index (χ2v) is 8.99. The molecule has 1 aliphatic rings. The van der Waals surface area contributed by atoms with Crippen LogP contribution in [-0.4, -0.2) is 11.1 Å². The molecule has 3 aromatic carbocycles. The van der Waals surface area contributed by atoms with Crippen molar-refractivity contribution in [3.8, 4) is 5.75 Å². The number of carboxylic acids is 1. The van der Waals surface area contributed by atoms with Crippen LogP contribution in [0.2, 0.25) is 0 Å². The van der Waals surface area contributed by atoms with E-state index in [0.717, 1.165) is 30.3 Å². The molecule has 38 heavy (non-hydrogen) atoms. The van der Waals surface area contributed by atoms with Gasteiger partial charge in [-0.15, -0.1) is 0 Å². The molecule has 0 fully saturated rings. The lowest BCUT2D eigenvalue weighted by Crippen LogP contribution is -2.09. The van der Waals surface area contributed by atoms with E-state index in [0.29, 0.717) is 34.8 Å². The van der Waals surface area contributed by atoms with E-state index >= 15 is 0 Å². The van der Waals surface area contributed by atoms with Gasteiger partial charge >= 0.3 is 18.3 Å². The third-order valence-electron chi connectivity index (χ3n) is 6.34. The maximum absolute atomic E-state index is 13.9. The van der Waals surface area contributed by atoms with Crippen LogP contribution in [-0.2, 0) is 19.0 Å². The highest BCUT2D eigenvalue weighted by Gasteiger charge is 2.34. The molecule has 0 aromatic heterocycles. The van der Waals surface area contributed by atoms with E-state index in [9.17, 15) is 40.6 Å². The first-order valence-electron chi connectivity index (χ1n) is 11.5. The van der Waals surface area contributed by atoms with Gasteiger partial charge in [0.1, 0.15) is 18.2 Å². The lowest BCUT2D eigenvalue weighted by atomic mass is 9.93. The first kappa shape index (κ1) is 27.2. The minimum atomic E-state index is -4.83. The molecule has 0 bridgehead atoms. The van der Waals surface area contributed by atoms with Crippen molar-refractivity contribution in [2.24, 2.45) is 0 Å². The molecule has 0 unspecified atom stereocenters. The summed E-state index contributed by atoms with van der Waals surface area (Å²) in [7, 11) is 0. The average molecular weight is 538 g/mol. The normalized spacial score (nSPS) is 14.2. The number of hydrogen-bond donors (Lipinski definition) is 1. The van der Waals surface area contributed by atoms with Crippen LogP contribution in [0.15, 0.2) is 54.6 Å². The standard InChI is InChI=1S/C28H21F7O3/c1-15-5-6-16(9-24(15)29)14-38-25-8-7-19(27(30,31)32)13-23(25)22-4-2-3-21(22)17-10-18(26(36)37)12-20(11-17)28(33,34)35/h5-13H,2-4,14H2,1H3,(H,36,37). The van der Waals surface area contributed by atoms with Gasteiger partial charge in [-0.1, -0.05) is 12.1 Å². The van der Waals surface area contributed by atoms with Gasteiger partial charge in [-0.3, -0.25) is 0 Å². The molecule has 0 aliphatic heterocycles. The molecule has 0 saturated heterocycles. The Hall–Kier alpha value is -3.82. The van der Waals surface area contributed by atoms with Crippen LogP contribution in [0, 0.1) is 12.7 Å². The van der Waals surface area contributed by atoms with Crippen molar-refractivity contribution in [2.45, 2.75) is 45.1 Å². The molecule has 1 N–H and O–H groups in total. The third kappa shape index (κ3) is 5.84. The van der Waals surface area contributed by atoms with E-state index in [1.165, 1.54) is 12.1 Å². The molecule has 0 atom stereocenters. The molecule has 10 heteroatoms. The number of ether oxygens (including phenoxy) is 1. The van der Waals surface area contributed by atoms with Gasteiger partial charge in [-0.05, 0) is 96.5 Å². The number of hydrogen-bond acceptors (Lipinski definition) is 2. The fraction of sp³-hybridized carbons (Fsp3) is 0.250. The molecule has 0 spiro atoms. The van der Waals surface area contributed by atoms with E-state index in [2.05, 4.69) is 0 Å². The summed E-state index contributed by atoms with van der Waals surface area (Å²) in [4.78, 5) is 11.5. The van der Waals surface area contributed by atoms with Crippen molar-refractivity contribution in [1.29, 1.82) is 0 Å². The molecular weight excluding hydrogens is 517 g/mol. The Morgan fingerprint density at radius 1 is 0.868 bits per heavy atom. The molecule has 0 amide bonds. The summed E-state index contributed by atoms with van der Waals surface area (Å²) < 4.78 is 101. The highest BCUT2D eigenvalue weighted by molar-refractivity contribution is 5.96. The van der Waals surface area contributed by atoms with E-state index in [4.69, 9.17) is 4.74 Å². The van der Waals surface area contributed by atoms with Gasteiger partial charge < -0.3 is 9.84 Å². The van der Waals surface area contributed by atoms with E-state index in [1.807, 2.05) is 0 Å². The van der Waals surface area contributed by atoms with E-state index in [1.54, 1.807) is 13.0 Å². The Balaban J connectivity index is 1.84. The number of allylic oxidation sites excluding steroid dienone is 2. The largest absolute Gasteiger partial charge is 0.488 e. The average Bonchev–Trinajstić information content (AvgIpc) is 3.33. The van der Waals surface area contributed by atoms with Gasteiger partial charge in [-0.25, -0.2) is 9.18 Å². The Labute approximate surface area is 213 Å². The Bertz CT molecular complexity index is 1420.